The molecule has 132 valence electrons. The Bertz CT molecular complexity index is 798. The second-order valence-electron chi connectivity index (χ2n) is 5.82. The van der Waals surface area contributed by atoms with Crippen LogP contribution >= 0.6 is 0 Å². The summed E-state index contributed by atoms with van der Waals surface area (Å²) in [5.74, 6) is -2.44. The molecule has 1 saturated heterocycles. The van der Waals surface area contributed by atoms with Crippen LogP contribution in [-0.2, 0) is 6.61 Å². The van der Waals surface area contributed by atoms with Gasteiger partial charge in [-0.05, 0) is 12.1 Å². The minimum atomic E-state index is -2.75. The first-order valence-electron chi connectivity index (χ1n) is 7.88. The highest BCUT2D eigenvalue weighted by atomic mass is 19.3. The number of alkyl halides is 2. The molecule has 0 atom stereocenters. The first-order valence-corrected chi connectivity index (χ1v) is 7.88. The summed E-state index contributed by atoms with van der Waals surface area (Å²) >= 11 is 0. The first kappa shape index (κ1) is 17.1. The van der Waals surface area contributed by atoms with E-state index in [1.807, 2.05) is 18.2 Å². The number of piperidine rings is 1. The summed E-state index contributed by atoms with van der Waals surface area (Å²) in [6.07, 6.45) is 0.373. The van der Waals surface area contributed by atoms with Crippen molar-refractivity contribution in [1.29, 1.82) is 0 Å². The second kappa shape index (κ2) is 7.00. The lowest BCUT2D eigenvalue weighted by Gasteiger charge is -2.31. The van der Waals surface area contributed by atoms with Crippen molar-refractivity contribution in [2.24, 2.45) is 0 Å². The van der Waals surface area contributed by atoms with Crippen LogP contribution in [0.2, 0.25) is 0 Å². The molecule has 1 aromatic carbocycles. The summed E-state index contributed by atoms with van der Waals surface area (Å²) in [5, 5.41) is 0. The maximum absolute atomic E-state index is 13.2. The van der Waals surface area contributed by atoms with Gasteiger partial charge in [0.05, 0.1) is 0 Å². The van der Waals surface area contributed by atoms with E-state index in [2.05, 4.69) is 9.97 Å². The van der Waals surface area contributed by atoms with Crippen LogP contribution in [0, 0.1) is 0 Å². The number of aromatic amines is 1. The van der Waals surface area contributed by atoms with Crippen molar-refractivity contribution in [3.8, 4) is 5.75 Å². The molecule has 2 heterocycles. The van der Waals surface area contributed by atoms with Gasteiger partial charge in [0.15, 0.2) is 0 Å². The molecule has 25 heavy (non-hydrogen) atoms. The van der Waals surface area contributed by atoms with E-state index in [1.165, 1.54) is 4.90 Å². The van der Waals surface area contributed by atoms with E-state index in [4.69, 9.17) is 4.74 Å². The Morgan fingerprint density at radius 3 is 2.56 bits per heavy atom. The molecule has 1 aliphatic heterocycles. The number of para-hydroxylation sites is 1. The third-order valence-corrected chi connectivity index (χ3v) is 3.98. The summed E-state index contributed by atoms with van der Waals surface area (Å²) in [7, 11) is 0. The number of rotatable bonds is 4. The van der Waals surface area contributed by atoms with Gasteiger partial charge in [-0.3, -0.25) is 9.59 Å². The number of benzene rings is 1. The Labute approximate surface area is 142 Å². The maximum Gasteiger partial charge on any atom is 0.263 e. The summed E-state index contributed by atoms with van der Waals surface area (Å²) < 4.78 is 31.8. The molecule has 8 heteroatoms. The van der Waals surface area contributed by atoms with E-state index >= 15 is 0 Å². The average Bonchev–Trinajstić information content (AvgIpc) is 2.60. The molecule has 3 rings (SSSR count). The first-order chi connectivity index (χ1) is 11.9. The van der Waals surface area contributed by atoms with Crippen molar-refractivity contribution in [3.05, 3.63) is 58.3 Å². The lowest BCUT2D eigenvalue weighted by atomic mass is 10.1. The number of hydrogen-bond donors (Lipinski definition) is 1. The lowest BCUT2D eigenvalue weighted by molar-refractivity contribution is -0.0494. The number of nitrogens with one attached hydrogen (secondary N) is 1. The van der Waals surface area contributed by atoms with Gasteiger partial charge in [0.25, 0.3) is 17.4 Å². The number of carbonyl (C=O) groups is 1. The normalized spacial score (nSPS) is 16.5. The van der Waals surface area contributed by atoms with Crippen LogP contribution in [-0.4, -0.2) is 39.8 Å². The Kier molecular flexibility index (Phi) is 4.78. The zero-order valence-corrected chi connectivity index (χ0v) is 13.4. The maximum atomic E-state index is 13.2. The standard InChI is InChI=1S/C17H17F2N3O3/c18-17(19)6-8-22(9-7-17)16(24)13-10-20-14(21-15(13)23)11-25-12-4-2-1-3-5-12/h1-5,10H,6-9,11H2,(H,20,21,23). The zero-order valence-electron chi connectivity index (χ0n) is 13.4. The van der Waals surface area contributed by atoms with Crippen molar-refractivity contribution in [2.75, 3.05) is 13.1 Å². The minimum Gasteiger partial charge on any atom is -0.486 e. The summed E-state index contributed by atoms with van der Waals surface area (Å²) in [4.78, 5) is 32.2. The van der Waals surface area contributed by atoms with E-state index in [9.17, 15) is 18.4 Å². The molecule has 0 unspecified atom stereocenters. The van der Waals surface area contributed by atoms with Gasteiger partial charge in [0.2, 0.25) is 0 Å². The predicted octanol–water partition coefficient (Wildman–Crippen LogP) is 2.22. The Morgan fingerprint density at radius 1 is 1.24 bits per heavy atom. The van der Waals surface area contributed by atoms with E-state index in [0.29, 0.717) is 5.75 Å². The third-order valence-electron chi connectivity index (χ3n) is 3.98. The van der Waals surface area contributed by atoms with E-state index < -0.39 is 30.2 Å². The van der Waals surface area contributed by atoms with Crippen molar-refractivity contribution in [1.82, 2.24) is 14.9 Å². The minimum absolute atomic E-state index is 0.0453. The van der Waals surface area contributed by atoms with Crippen LogP contribution in [0.1, 0.15) is 29.0 Å². The summed E-state index contributed by atoms with van der Waals surface area (Å²) in [6.45, 7) is -0.113. The highest BCUT2D eigenvalue weighted by molar-refractivity contribution is 5.93. The number of likely N-dealkylation sites (tertiary alicyclic amines) is 1. The molecule has 0 saturated carbocycles. The fourth-order valence-electron chi connectivity index (χ4n) is 2.53. The summed E-state index contributed by atoms with van der Waals surface area (Å²) in [5.41, 5.74) is -0.766. The topological polar surface area (TPSA) is 75.3 Å². The Balaban J connectivity index is 1.65. The number of halogens is 2. The molecule has 0 radical (unpaired) electrons. The van der Waals surface area contributed by atoms with Gasteiger partial charge in [-0.15, -0.1) is 0 Å². The molecule has 1 aliphatic rings. The molecule has 1 fully saturated rings. The van der Waals surface area contributed by atoms with Gasteiger partial charge in [-0.25, -0.2) is 13.8 Å². The number of H-pyrrole nitrogens is 1. The van der Waals surface area contributed by atoms with Crippen molar-refractivity contribution >= 4 is 5.91 Å². The number of ether oxygens (including phenoxy) is 1. The zero-order chi connectivity index (χ0) is 17.9. The number of carbonyl (C=O) groups excluding carboxylic acids is 1. The Hall–Kier alpha value is -2.77. The molecule has 1 amide bonds. The SMILES string of the molecule is O=C(c1cnc(COc2ccccc2)[nH]c1=O)N1CCC(F)(F)CC1. The fourth-order valence-corrected chi connectivity index (χ4v) is 2.53. The van der Waals surface area contributed by atoms with Crippen LogP contribution in [0.3, 0.4) is 0 Å². The van der Waals surface area contributed by atoms with Gasteiger partial charge in [-0.1, -0.05) is 18.2 Å². The van der Waals surface area contributed by atoms with Gasteiger partial charge in [0, 0.05) is 32.1 Å². The van der Waals surface area contributed by atoms with Crippen molar-refractivity contribution in [2.45, 2.75) is 25.4 Å². The van der Waals surface area contributed by atoms with E-state index in [-0.39, 0.29) is 31.1 Å². The van der Waals surface area contributed by atoms with E-state index in [1.54, 1.807) is 12.1 Å². The molecule has 1 N–H and O–H groups in total. The van der Waals surface area contributed by atoms with Crippen molar-refractivity contribution in [3.63, 3.8) is 0 Å². The van der Waals surface area contributed by atoms with Gasteiger partial charge in [0.1, 0.15) is 23.7 Å². The Morgan fingerprint density at radius 2 is 1.92 bits per heavy atom. The predicted molar refractivity (Wildman–Crippen MR) is 85.7 cm³/mol. The molecule has 6 nitrogen and oxygen atoms in total. The van der Waals surface area contributed by atoms with Crippen LogP contribution in [0.4, 0.5) is 8.78 Å². The smallest absolute Gasteiger partial charge is 0.263 e. The molecule has 2 aromatic rings. The lowest BCUT2D eigenvalue weighted by Crippen LogP contribution is -2.44. The second-order valence-corrected chi connectivity index (χ2v) is 5.82. The number of nitrogens with zero attached hydrogens (tertiary/aromatic N) is 2. The monoisotopic (exact) mass is 349 g/mol. The van der Waals surface area contributed by atoms with Crippen LogP contribution in [0.15, 0.2) is 41.3 Å². The van der Waals surface area contributed by atoms with E-state index in [0.717, 1.165) is 6.20 Å². The highest BCUT2D eigenvalue weighted by Crippen LogP contribution is 2.28. The third kappa shape index (κ3) is 4.20. The molecule has 1 aromatic heterocycles. The molecule has 0 aliphatic carbocycles. The largest absolute Gasteiger partial charge is 0.486 e. The summed E-state index contributed by atoms with van der Waals surface area (Å²) in [6, 6.07) is 9.01. The van der Waals surface area contributed by atoms with Gasteiger partial charge >= 0.3 is 0 Å². The molecular formula is C17H17F2N3O3. The average molecular weight is 349 g/mol. The molecule has 0 bridgehead atoms. The quantitative estimate of drug-likeness (QED) is 0.918. The fraction of sp³-hybridized carbons (Fsp3) is 0.353. The number of hydrogen-bond acceptors (Lipinski definition) is 4. The molecule has 0 spiro atoms. The van der Waals surface area contributed by atoms with Gasteiger partial charge < -0.3 is 14.6 Å². The van der Waals surface area contributed by atoms with Crippen LogP contribution < -0.4 is 10.3 Å². The highest BCUT2D eigenvalue weighted by Gasteiger charge is 2.36. The number of aromatic nitrogens is 2. The van der Waals surface area contributed by atoms with Crippen LogP contribution in [0.5, 0.6) is 5.75 Å². The molecular weight excluding hydrogens is 332 g/mol. The van der Waals surface area contributed by atoms with Gasteiger partial charge in [-0.2, -0.15) is 0 Å². The van der Waals surface area contributed by atoms with Crippen LogP contribution in [0.25, 0.3) is 0 Å². The number of amides is 1. The van der Waals surface area contributed by atoms with Crippen molar-refractivity contribution < 1.29 is 18.3 Å².